The molecule has 21 heavy (non-hydrogen) atoms. The van der Waals surface area contributed by atoms with Gasteiger partial charge in [0.2, 0.25) is 0 Å². The lowest BCUT2D eigenvalue weighted by Crippen LogP contribution is -2.30. The van der Waals surface area contributed by atoms with Crippen LogP contribution < -0.4 is 0 Å². The quantitative estimate of drug-likeness (QED) is 0.799. The summed E-state index contributed by atoms with van der Waals surface area (Å²) in [5.41, 5.74) is -0.372. The van der Waals surface area contributed by atoms with E-state index in [0.29, 0.717) is 13.2 Å². The monoisotopic (exact) mass is 320 g/mol. The van der Waals surface area contributed by atoms with Crippen LogP contribution in [0.2, 0.25) is 5.02 Å². The first-order valence-corrected chi connectivity index (χ1v) is 6.83. The second-order valence-electron chi connectivity index (χ2n) is 4.60. The second-order valence-corrected chi connectivity index (χ2v) is 4.98. The van der Waals surface area contributed by atoms with E-state index in [0.717, 1.165) is 6.07 Å². The van der Waals surface area contributed by atoms with Crippen LogP contribution in [0.25, 0.3) is 0 Å². The van der Waals surface area contributed by atoms with Crippen LogP contribution in [-0.4, -0.2) is 25.8 Å². The number of hydrogen-bond donors (Lipinski definition) is 0. The number of alkyl halides is 2. The summed E-state index contributed by atoms with van der Waals surface area (Å²) in [6.45, 7) is 3.58. The summed E-state index contributed by atoms with van der Waals surface area (Å²) in [7, 11) is 0. The highest BCUT2D eigenvalue weighted by molar-refractivity contribution is 6.32. The van der Waals surface area contributed by atoms with Gasteiger partial charge in [-0.3, -0.25) is 0 Å². The molecule has 0 saturated carbocycles. The molecule has 0 aliphatic carbocycles. The third-order valence-electron chi connectivity index (χ3n) is 3.20. The van der Waals surface area contributed by atoms with Crippen molar-refractivity contribution in [1.82, 2.24) is 0 Å². The zero-order valence-electron chi connectivity index (χ0n) is 11.6. The van der Waals surface area contributed by atoms with Crippen LogP contribution in [0.1, 0.15) is 25.0 Å². The minimum atomic E-state index is -3.84. The molecule has 0 radical (unpaired) electrons. The van der Waals surface area contributed by atoms with Gasteiger partial charge in [0.15, 0.2) is 5.79 Å². The number of carbonyl (C=O) groups excluding carboxylic acids is 1. The van der Waals surface area contributed by atoms with Gasteiger partial charge in [-0.2, -0.15) is 8.78 Å². The first-order chi connectivity index (χ1) is 9.83. The maximum absolute atomic E-state index is 14.1. The molecule has 1 heterocycles. The van der Waals surface area contributed by atoms with E-state index >= 15 is 0 Å². The summed E-state index contributed by atoms with van der Waals surface area (Å²) in [5, 5.41) is -0.264. The smallest absolute Gasteiger partial charge is 0.382 e. The van der Waals surface area contributed by atoms with E-state index in [4.69, 9.17) is 21.1 Å². The average molecular weight is 321 g/mol. The van der Waals surface area contributed by atoms with Crippen LogP contribution in [0.15, 0.2) is 18.2 Å². The van der Waals surface area contributed by atoms with Crippen molar-refractivity contribution in [2.45, 2.75) is 25.6 Å². The topological polar surface area (TPSA) is 44.8 Å². The summed E-state index contributed by atoms with van der Waals surface area (Å²) < 4.78 is 43.5. The normalized spacial score (nSPS) is 17.8. The molecule has 7 heteroatoms. The van der Waals surface area contributed by atoms with Crippen LogP contribution in [0.3, 0.4) is 0 Å². The Balaban J connectivity index is 2.45. The number of benzene rings is 1. The van der Waals surface area contributed by atoms with Gasteiger partial charge in [-0.05, 0) is 13.8 Å². The molecule has 4 nitrogen and oxygen atoms in total. The third kappa shape index (κ3) is 2.88. The Morgan fingerprint density at radius 2 is 2.05 bits per heavy atom. The van der Waals surface area contributed by atoms with Gasteiger partial charge in [0.05, 0.1) is 30.4 Å². The van der Waals surface area contributed by atoms with Gasteiger partial charge in [0, 0.05) is 5.56 Å². The number of rotatable bonds is 4. The predicted octanol–water partition coefficient (Wildman–Crippen LogP) is 3.21. The van der Waals surface area contributed by atoms with E-state index in [9.17, 15) is 13.6 Å². The molecule has 0 aromatic heterocycles. The highest BCUT2D eigenvalue weighted by Gasteiger charge is 2.46. The van der Waals surface area contributed by atoms with Crippen LogP contribution >= 0.6 is 11.6 Å². The molecule has 0 N–H and O–H groups in total. The number of hydrogen-bond acceptors (Lipinski definition) is 4. The van der Waals surface area contributed by atoms with Crippen LogP contribution in [0.5, 0.6) is 0 Å². The lowest BCUT2D eigenvalue weighted by Gasteiger charge is -2.26. The first-order valence-electron chi connectivity index (χ1n) is 6.45. The molecule has 1 fully saturated rings. The fourth-order valence-corrected chi connectivity index (χ4v) is 2.54. The van der Waals surface area contributed by atoms with Crippen molar-refractivity contribution < 1.29 is 27.8 Å². The number of ether oxygens (including phenoxy) is 3. The Kier molecular flexibility index (Phi) is 4.51. The third-order valence-corrected chi connectivity index (χ3v) is 3.60. The van der Waals surface area contributed by atoms with Gasteiger partial charge in [0.1, 0.15) is 0 Å². The molecule has 1 aromatic rings. The van der Waals surface area contributed by atoms with Gasteiger partial charge in [0.25, 0.3) is 0 Å². The fraction of sp³-hybridized carbons (Fsp3) is 0.500. The molecule has 1 saturated heterocycles. The molecule has 0 atom stereocenters. The van der Waals surface area contributed by atoms with Crippen molar-refractivity contribution in [3.05, 3.63) is 34.3 Å². The van der Waals surface area contributed by atoms with Crippen LogP contribution in [0, 0.1) is 0 Å². The fourth-order valence-electron chi connectivity index (χ4n) is 2.13. The van der Waals surface area contributed by atoms with E-state index in [2.05, 4.69) is 4.74 Å². The van der Waals surface area contributed by atoms with Crippen molar-refractivity contribution in [3.8, 4) is 0 Å². The zero-order chi connectivity index (χ0) is 15.7. The SMILES string of the molecule is CCOC(=O)C(F)(F)c1cccc(C2(C)OCCO2)c1Cl. The highest BCUT2D eigenvalue weighted by atomic mass is 35.5. The molecular formula is C14H15ClF2O4. The van der Waals surface area contributed by atoms with Gasteiger partial charge in [-0.15, -0.1) is 0 Å². The Morgan fingerprint density at radius 3 is 2.62 bits per heavy atom. The zero-order valence-corrected chi connectivity index (χ0v) is 12.4. The Labute approximate surface area is 125 Å². The van der Waals surface area contributed by atoms with Crippen molar-refractivity contribution in [2.24, 2.45) is 0 Å². The summed E-state index contributed by atoms with van der Waals surface area (Å²) in [5.74, 6) is -6.67. The van der Waals surface area contributed by atoms with E-state index in [1.807, 2.05) is 0 Å². The van der Waals surface area contributed by atoms with Gasteiger partial charge < -0.3 is 14.2 Å². The molecule has 116 valence electrons. The molecular weight excluding hydrogens is 306 g/mol. The first kappa shape index (κ1) is 16.1. The minimum absolute atomic E-state index is 0.143. The van der Waals surface area contributed by atoms with Crippen molar-refractivity contribution in [1.29, 1.82) is 0 Å². The standard InChI is InChI=1S/C14H15ClF2O4/c1-3-19-12(18)14(16,17)10-6-4-5-9(11(10)15)13(2)20-7-8-21-13/h4-6H,3,7-8H2,1-2H3. The Bertz CT molecular complexity index is 542. The van der Waals surface area contributed by atoms with Crippen LogP contribution in [0.4, 0.5) is 8.78 Å². The average Bonchev–Trinajstić information content (AvgIpc) is 2.86. The summed E-state index contributed by atoms with van der Waals surface area (Å²) >= 11 is 6.06. The van der Waals surface area contributed by atoms with Gasteiger partial charge in [-0.1, -0.05) is 29.8 Å². The highest BCUT2D eigenvalue weighted by Crippen LogP contribution is 2.42. The largest absolute Gasteiger partial charge is 0.461 e. The summed E-state index contributed by atoms with van der Waals surface area (Å²) in [6, 6.07) is 3.99. The van der Waals surface area contributed by atoms with E-state index < -0.39 is 23.2 Å². The lowest BCUT2D eigenvalue weighted by molar-refractivity contribution is -0.173. The maximum atomic E-state index is 14.1. The number of esters is 1. The molecule has 1 aliphatic heterocycles. The Morgan fingerprint density at radius 1 is 1.43 bits per heavy atom. The Hall–Kier alpha value is -1.24. The minimum Gasteiger partial charge on any atom is -0.461 e. The molecule has 0 spiro atoms. The second kappa shape index (κ2) is 5.87. The molecule has 1 aromatic carbocycles. The van der Waals surface area contributed by atoms with Crippen molar-refractivity contribution in [3.63, 3.8) is 0 Å². The molecule has 2 rings (SSSR count). The molecule has 1 aliphatic rings. The van der Waals surface area contributed by atoms with E-state index in [1.54, 1.807) is 6.92 Å². The van der Waals surface area contributed by atoms with Crippen molar-refractivity contribution in [2.75, 3.05) is 19.8 Å². The predicted molar refractivity (Wildman–Crippen MR) is 71.2 cm³/mol. The maximum Gasteiger partial charge on any atom is 0.382 e. The molecule has 0 unspecified atom stereocenters. The summed E-state index contributed by atoms with van der Waals surface area (Å²) in [6.07, 6.45) is 0. The molecule has 0 amide bonds. The van der Waals surface area contributed by atoms with E-state index in [1.165, 1.54) is 19.1 Å². The number of halogens is 3. The summed E-state index contributed by atoms with van der Waals surface area (Å²) in [4.78, 5) is 11.4. The molecule has 0 bridgehead atoms. The van der Waals surface area contributed by atoms with E-state index in [-0.39, 0.29) is 17.2 Å². The lowest BCUT2D eigenvalue weighted by atomic mass is 10.0. The van der Waals surface area contributed by atoms with Crippen molar-refractivity contribution >= 4 is 17.6 Å². The van der Waals surface area contributed by atoms with Crippen LogP contribution in [-0.2, 0) is 30.7 Å². The van der Waals surface area contributed by atoms with Gasteiger partial charge >= 0.3 is 11.9 Å². The van der Waals surface area contributed by atoms with Gasteiger partial charge in [-0.25, -0.2) is 4.79 Å². The number of carbonyl (C=O) groups is 1.